The Kier molecular flexibility index (Phi) is 4.21. The van der Waals surface area contributed by atoms with Crippen molar-refractivity contribution < 1.29 is 12.8 Å². The molecule has 2 aromatic rings. The van der Waals surface area contributed by atoms with E-state index in [0.29, 0.717) is 10.0 Å². The molecule has 0 bridgehead atoms. The first-order chi connectivity index (χ1) is 8.96. The molecule has 0 aromatic heterocycles. The number of hydrogen-bond acceptors (Lipinski definition) is 2. The van der Waals surface area contributed by atoms with Crippen LogP contribution in [0.2, 0.25) is 0 Å². The van der Waals surface area contributed by atoms with Crippen LogP contribution in [0.3, 0.4) is 0 Å². The predicted molar refractivity (Wildman–Crippen MR) is 76.8 cm³/mol. The molecule has 0 atom stereocenters. The highest BCUT2D eigenvalue weighted by Gasteiger charge is 2.14. The van der Waals surface area contributed by atoms with Crippen LogP contribution in [0.25, 0.3) is 0 Å². The lowest BCUT2D eigenvalue weighted by Crippen LogP contribution is -2.15. The summed E-state index contributed by atoms with van der Waals surface area (Å²) in [5.74, 6) is -0.811. The third-order valence-electron chi connectivity index (χ3n) is 2.40. The van der Waals surface area contributed by atoms with Crippen molar-refractivity contribution in [2.75, 3.05) is 4.72 Å². The molecule has 0 heterocycles. The van der Waals surface area contributed by atoms with Crippen LogP contribution in [-0.4, -0.2) is 8.42 Å². The van der Waals surface area contributed by atoms with Crippen molar-refractivity contribution in [3.63, 3.8) is 0 Å². The highest BCUT2D eigenvalue weighted by Crippen LogP contribution is 2.21. The van der Waals surface area contributed by atoms with Gasteiger partial charge in [-0.05, 0) is 23.8 Å². The third kappa shape index (κ3) is 4.04. The topological polar surface area (TPSA) is 46.2 Å². The van der Waals surface area contributed by atoms with E-state index in [1.165, 1.54) is 12.1 Å². The highest BCUT2D eigenvalue weighted by atomic mass is 79.9. The fraction of sp³-hybridized carbons (Fsp3) is 0.0769. The lowest BCUT2D eigenvalue weighted by atomic mass is 10.2. The summed E-state index contributed by atoms with van der Waals surface area (Å²) >= 11 is 3.11. The Labute approximate surface area is 119 Å². The Bertz CT molecular complexity index is 674. The van der Waals surface area contributed by atoms with Gasteiger partial charge in [-0.3, -0.25) is 4.72 Å². The Morgan fingerprint density at radius 3 is 2.42 bits per heavy atom. The molecule has 0 aliphatic heterocycles. The van der Waals surface area contributed by atoms with Crippen molar-refractivity contribution >= 4 is 31.6 Å². The predicted octanol–water partition coefficient (Wildman–Crippen LogP) is 3.53. The summed E-state index contributed by atoms with van der Waals surface area (Å²) < 4.78 is 40.2. The van der Waals surface area contributed by atoms with Gasteiger partial charge in [-0.1, -0.05) is 46.3 Å². The smallest absolute Gasteiger partial charge is 0.237 e. The molecule has 1 N–H and O–H groups in total. The molecule has 3 nitrogen and oxygen atoms in total. The van der Waals surface area contributed by atoms with Crippen molar-refractivity contribution in [1.29, 1.82) is 0 Å². The van der Waals surface area contributed by atoms with Gasteiger partial charge in [0.1, 0.15) is 5.82 Å². The van der Waals surface area contributed by atoms with Gasteiger partial charge in [0.15, 0.2) is 0 Å². The molecule has 0 aliphatic rings. The molecule has 2 aromatic carbocycles. The van der Waals surface area contributed by atoms with Gasteiger partial charge in [-0.25, -0.2) is 12.8 Å². The minimum Gasteiger partial charge on any atom is -0.280 e. The molecule has 100 valence electrons. The van der Waals surface area contributed by atoms with Crippen LogP contribution < -0.4 is 4.72 Å². The molecule has 0 fully saturated rings. The van der Waals surface area contributed by atoms with Crippen molar-refractivity contribution in [2.45, 2.75) is 5.75 Å². The zero-order chi connectivity index (χ0) is 13.9. The van der Waals surface area contributed by atoms with E-state index in [0.717, 1.165) is 0 Å². The number of rotatable bonds is 4. The number of anilines is 1. The monoisotopic (exact) mass is 343 g/mol. The van der Waals surface area contributed by atoms with Gasteiger partial charge in [0.05, 0.1) is 11.4 Å². The summed E-state index contributed by atoms with van der Waals surface area (Å²) in [4.78, 5) is 0. The van der Waals surface area contributed by atoms with E-state index in [-0.39, 0.29) is 11.4 Å². The third-order valence-corrected chi connectivity index (χ3v) is 4.13. The van der Waals surface area contributed by atoms with E-state index in [1.807, 2.05) is 0 Å². The summed E-state index contributed by atoms with van der Waals surface area (Å²) in [6.07, 6.45) is 0. The quantitative estimate of drug-likeness (QED) is 0.922. The van der Waals surface area contributed by atoms with Crippen LogP contribution in [0.1, 0.15) is 5.56 Å². The Balaban J connectivity index is 2.17. The molecular formula is C13H11BrFNO2S. The van der Waals surface area contributed by atoms with Crippen LogP contribution in [-0.2, 0) is 15.8 Å². The SMILES string of the molecule is O=S(=O)(Cc1ccccc1)Nc1ccc(Br)cc1F. The second-order valence-corrected chi connectivity index (χ2v) is 6.61. The molecule has 2 rings (SSSR count). The molecule has 0 saturated heterocycles. The van der Waals surface area contributed by atoms with Crippen LogP contribution >= 0.6 is 15.9 Å². The first-order valence-electron chi connectivity index (χ1n) is 5.46. The van der Waals surface area contributed by atoms with Gasteiger partial charge in [-0.2, -0.15) is 0 Å². The molecule has 0 unspecified atom stereocenters. The summed E-state index contributed by atoms with van der Waals surface area (Å²) in [7, 11) is -3.63. The van der Waals surface area contributed by atoms with Crippen molar-refractivity contribution in [3.8, 4) is 0 Å². The van der Waals surface area contributed by atoms with E-state index in [2.05, 4.69) is 20.7 Å². The van der Waals surface area contributed by atoms with E-state index in [1.54, 1.807) is 36.4 Å². The lowest BCUT2D eigenvalue weighted by Gasteiger charge is -2.09. The number of sulfonamides is 1. The van der Waals surface area contributed by atoms with Gasteiger partial charge >= 0.3 is 0 Å². The fourth-order valence-electron chi connectivity index (χ4n) is 1.57. The maximum Gasteiger partial charge on any atom is 0.237 e. The molecule has 0 radical (unpaired) electrons. The number of halogens is 2. The molecule has 0 amide bonds. The lowest BCUT2D eigenvalue weighted by molar-refractivity contribution is 0.597. The number of benzene rings is 2. The Hall–Kier alpha value is -1.40. The largest absolute Gasteiger partial charge is 0.280 e. The average Bonchev–Trinajstić information content (AvgIpc) is 2.33. The first kappa shape index (κ1) is 14.0. The normalized spacial score (nSPS) is 11.3. The first-order valence-corrected chi connectivity index (χ1v) is 7.90. The van der Waals surface area contributed by atoms with Gasteiger partial charge in [0.25, 0.3) is 0 Å². The van der Waals surface area contributed by atoms with Gasteiger partial charge < -0.3 is 0 Å². The molecule has 0 aliphatic carbocycles. The maximum absolute atomic E-state index is 13.6. The molecular weight excluding hydrogens is 333 g/mol. The van der Waals surface area contributed by atoms with E-state index < -0.39 is 15.8 Å². The van der Waals surface area contributed by atoms with E-state index in [4.69, 9.17) is 0 Å². The Morgan fingerprint density at radius 2 is 1.79 bits per heavy atom. The molecule has 0 spiro atoms. The van der Waals surface area contributed by atoms with Crippen molar-refractivity contribution in [2.24, 2.45) is 0 Å². The Morgan fingerprint density at radius 1 is 1.11 bits per heavy atom. The van der Waals surface area contributed by atoms with Crippen LogP contribution in [0.5, 0.6) is 0 Å². The van der Waals surface area contributed by atoms with Crippen LogP contribution in [0.15, 0.2) is 53.0 Å². The zero-order valence-corrected chi connectivity index (χ0v) is 12.2. The van der Waals surface area contributed by atoms with Crippen molar-refractivity contribution in [3.05, 3.63) is 64.4 Å². The standard InChI is InChI=1S/C13H11BrFNO2S/c14-11-6-7-13(12(15)8-11)16-19(17,18)9-10-4-2-1-3-5-10/h1-8,16H,9H2. The molecule has 19 heavy (non-hydrogen) atoms. The average molecular weight is 344 g/mol. The summed E-state index contributed by atoms with van der Waals surface area (Å²) in [5, 5.41) is 0. The van der Waals surface area contributed by atoms with Crippen molar-refractivity contribution in [1.82, 2.24) is 0 Å². The maximum atomic E-state index is 13.6. The van der Waals surface area contributed by atoms with Crippen LogP contribution in [0.4, 0.5) is 10.1 Å². The summed E-state index contributed by atoms with van der Waals surface area (Å²) in [6, 6.07) is 12.9. The molecule has 0 saturated carbocycles. The minimum absolute atomic E-state index is 0.0564. The zero-order valence-electron chi connectivity index (χ0n) is 9.81. The van der Waals surface area contributed by atoms with Gasteiger partial charge in [-0.15, -0.1) is 0 Å². The van der Waals surface area contributed by atoms with E-state index >= 15 is 0 Å². The van der Waals surface area contributed by atoms with Crippen LogP contribution in [0, 0.1) is 5.82 Å². The summed E-state index contributed by atoms with van der Waals surface area (Å²) in [5.41, 5.74) is 0.589. The number of hydrogen-bond donors (Lipinski definition) is 1. The minimum atomic E-state index is -3.63. The van der Waals surface area contributed by atoms with E-state index in [9.17, 15) is 12.8 Å². The van der Waals surface area contributed by atoms with Gasteiger partial charge in [0, 0.05) is 4.47 Å². The second kappa shape index (κ2) is 5.71. The number of nitrogens with one attached hydrogen (secondary N) is 1. The molecule has 6 heteroatoms. The highest BCUT2D eigenvalue weighted by molar-refractivity contribution is 9.10. The van der Waals surface area contributed by atoms with Gasteiger partial charge in [0.2, 0.25) is 10.0 Å². The second-order valence-electron chi connectivity index (χ2n) is 3.97. The fourth-order valence-corrected chi connectivity index (χ4v) is 3.11. The summed E-state index contributed by atoms with van der Waals surface area (Å²) in [6.45, 7) is 0.